The first-order valence-electron chi connectivity index (χ1n) is 9.15. The summed E-state index contributed by atoms with van der Waals surface area (Å²) >= 11 is 0. The highest BCUT2D eigenvalue weighted by molar-refractivity contribution is 5.22. The van der Waals surface area contributed by atoms with E-state index in [1.165, 1.54) is 18.2 Å². The topological polar surface area (TPSA) is 91.2 Å². The number of alkyl halides is 2. The molecular weight excluding hydrogens is 379 g/mol. The molecule has 0 saturated heterocycles. The minimum Gasteiger partial charge on any atom is -0.494 e. The van der Waals surface area contributed by atoms with E-state index in [1.54, 1.807) is 12.1 Å². The van der Waals surface area contributed by atoms with Crippen LogP contribution in [0.2, 0.25) is 0 Å². The van der Waals surface area contributed by atoms with E-state index in [1.807, 2.05) is 0 Å². The molecule has 0 fully saturated rings. The molecule has 4 N–H and O–H groups in total. The van der Waals surface area contributed by atoms with E-state index in [2.05, 4.69) is 10.1 Å². The Kier molecular flexibility index (Phi) is 9.20. The van der Waals surface area contributed by atoms with Gasteiger partial charge in [-0.25, -0.2) is 4.39 Å². The van der Waals surface area contributed by atoms with Crippen LogP contribution in [0.5, 0.6) is 5.75 Å². The molecule has 1 aromatic carbocycles. The standard InChI is InChI=1S/C19H26F3NO5/c20-13-4-6-14(7-5-13)27-9-3-1-2-8-23-15-10-12(11-28-19(21)22)16(24)18(26)17(15)25/h4-7,10,15-19,23-26H,1-3,8-9,11H2/t15-,16+,17+,18+/m1/s1. The number of ether oxygens (including phenoxy) is 2. The average Bonchev–Trinajstić information content (AvgIpc) is 2.67. The van der Waals surface area contributed by atoms with Gasteiger partial charge in [-0.05, 0) is 55.6 Å². The highest BCUT2D eigenvalue weighted by Gasteiger charge is 2.37. The number of hydrogen-bond donors (Lipinski definition) is 4. The lowest BCUT2D eigenvalue weighted by atomic mass is 9.88. The number of aliphatic hydroxyl groups excluding tert-OH is 3. The van der Waals surface area contributed by atoms with Gasteiger partial charge in [0.2, 0.25) is 0 Å². The lowest BCUT2D eigenvalue weighted by molar-refractivity contribution is -0.129. The third-order valence-corrected chi connectivity index (χ3v) is 4.47. The van der Waals surface area contributed by atoms with Crippen LogP contribution in [0.15, 0.2) is 35.9 Å². The SMILES string of the molecule is O[C@@H]1[C@@H](O)[C@@H](O)C(COC(F)F)=C[C@H]1NCCCCCOc1ccc(F)cc1. The fourth-order valence-corrected chi connectivity index (χ4v) is 2.91. The number of benzene rings is 1. The van der Waals surface area contributed by atoms with Crippen LogP contribution < -0.4 is 10.1 Å². The predicted octanol–water partition coefficient (Wildman–Crippen LogP) is 1.59. The lowest BCUT2D eigenvalue weighted by Gasteiger charge is -2.35. The zero-order valence-electron chi connectivity index (χ0n) is 15.3. The van der Waals surface area contributed by atoms with E-state index in [0.29, 0.717) is 18.9 Å². The molecule has 1 aliphatic rings. The number of nitrogens with one attached hydrogen (secondary N) is 1. The molecule has 0 radical (unpaired) electrons. The van der Waals surface area contributed by atoms with Crippen molar-refractivity contribution in [3.8, 4) is 5.75 Å². The summed E-state index contributed by atoms with van der Waals surface area (Å²) < 4.78 is 46.8. The van der Waals surface area contributed by atoms with Crippen LogP contribution in [-0.4, -0.2) is 66.0 Å². The number of unbranched alkanes of at least 4 members (excludes halogenated alkanes) is 2. The largest absolute Gasteiger partial charge is 0.494 e. The molecule has 2 rings (SSSR count). The minimum absolute atomic E-state index is 0.100. The highest BCUT2D eigenvalue weighted by atomic mass is 19.3. The first-order chi connectivity index (χ1) is 13.4. The van der Waals surface area contributed by atoms with E-state index >= 15 is 0 Å². The van der Waals surface area contributed by atoms with Gasteiger partial charge in [0.05, 0.1) is 19.3 Å². The van der Waals surface area contributed by atoms with Gasteiger partial charge in [-0.3, -0.25) is 0 Å². The first-order valence-corrected chi connectivity index (χ1v) is 9.15. The molecule has 0 amide bonds. The van der Waals surface area contributed by atoms with Crippen LogP contribution in [0.4, 0.5) is 13.2 Å². The normalized spacial score (nSPS) is 25.0. The van der Waals surface area contributed by atoms with Gasteiger partial charge in [0.1, 0.15) is 29.9 Å². The lowest BCUT2D eigenvalue weighted by Crippen LogP contribution is -2.54. The summed E-state index contributed by atoms with van der Waals surface area (Å²) in [5.74, 6) is 0.278. The molecule has 0 unspecified atom stereocenters. The van der Waals surface area contributed by atoms with Gasteiger partial charge in [-0.15, -0.1) is 0 Å². The Morgan fingerprint density at radius 3 is 2.39 bits per heavy atom. The quantitative estimate of drug-likeness (QED) is 0.330. The molecule has 0 bridgehead atoms. The molecule has 0 aliphatic heterocycles. The summed E-state index contributed by atoms with van der Waals surface area (Å²) in [6.07, 6.45) is -0.414. The predicted molar refractivity (Wildman–Crippen MR) is 95.6 cm³/mol. The monoisotopic (exact) mass is 405 g/mol. The molecule has 1 aromatic rings. The van der Waals surface area contributed by atoms with Gasteiger partial charge < -0.3 is 30.1 Å². The van der Waals surface area contributed by atoms with Crippen molar-refractivity contribution in [1.82, 2.24) is 5.32 Å². The van der Waals surface area contributed by atoms with Crippen molar-refractivity contribution in [3.63, 3.8) is 0 Å². The zero-order valence-corrected chi connectivity index (χ0v) is 15.3. The summed E-state index contributed by atoms with van der Waals surface area (Å²) in [6.45, 7) is -2.51. The fourth-order valence-electron chi connectivity index (χ4n) is 2.91. The van der Waals surface area contributed by atoms with E-state index in [0.717, 1.165) is 19.3 Å². The zero-order chi connectivity index (χ0) is 20.5. The van der Waals surface area contributed by atoms with Gasteiger partial charge >= 0.3 is 6.61 Å². The molecule has 158 valence electrons. The van der Waals surface area contributed by atoms with Gasteiger partial charge in [-0.1, -0.05) is 6.08 Å². The summed E-state index contributed by atoms with van der Waals surface area (Å²) in [7, 11) is 0. The minimum atomic E-state index is -2.99. The van der Waals surface area contributed by atoms with E-state index in [9.17, 15) is 28.5 Å². The molecule has 9 heteroatoms. The Hall–Kier alpha value is -1.65. The van der Waals surface area contributed by atoms with Crippen LogP contribution in [-0.2, 0) is 4.74 Å². The Balaban J connectivity index is 1.68. The van der Waals surface area contributed by atoms with Crippen molar-refractivity contribution in [3.05, 3.63) is 41.7 Å². The molecular formula is C19H26F3NO5. The molecule has 4 atom stereocenters. The molecule has 1 aliphatic carbocycles. The molecule has 6 nitrogen and oxygen atoms in total. The van der Waals surface area contributed by atoms with Crippen molar-refractivity contribution >= 4 is 0 Å². The van der Waals surface area contributed by atoms with E-state index < -0.39 is 37.6 Å². The van der Waals surface area contributed by atoms with Crippen LogP contribution in [0.25, 0.3) is 0 Å². The summed E-state index contributed by atoms with van der Waals surface area (Å²) in [5, 5.41) is 32.8. The van der Waals surface area contributed by atoms with Crippen LogP contribution in [0.3, 0.4) is 0 Å². The third-order valence-electron chi connectivity index (χ3n) is 4.47. The maximum atomic E-state index is 12.8. The smallest absolute Gasteiger partial charge is 0.345 e. The first kappa shape index (κ1) is 22.6. The van der Waals surface area contributed by atoms with Crippen molar-refractivity contribution in [2.45, 2.75) is 50.2 Å². The van der Waals surface area contributed by atoms with Crippen molar-refractivity contribution in [1.29, 1.82) is 0 Å². The van der Waals surface area contributed by atoms with Gasteiger partial charge in [0, 0.05) is 0 Å². The van der Waals surface area contributed by atoms with E-state index in [-0.39, 0.29) is 11.4 Å². The van der Waals surface area contributed by atoms with E-state index in [4.69, 9.17) is 4.74 Å². The summed E-state index contributed by atoms with van der Waals surface area (Å²) in [6, 6.07) is 5.10. The van der Waals surface area contributed by atoms with Crippen LogP contribution >= 0.6 is 0 Å². The molecule has 28 heavy (non-hydrogen) atoms. The fraction of sp³-hybridized carbons (Fsp3) is 0.579. The number of hydrogen-bond acceptors (Lipinski definition) is 6. The Morgan fingerprint density at radius 1 is 1.00 bits per heavy atom. The maximum absolute atomic E-state index is 12.8. The second kappa shape index (κ2) is 11.4. The second-order valence-corrected chi connectivity index (χ2v) is 6.58. The summed E-state index contributed by atoms with van der Waals surface area (Å²) in [5.41, 5.74) is 0.100. The Morgan fingerprint density at radius 2 is 1.71 bits per heavy atom. The van der Waals surface area contributed by atoms with Gasteiger partial charge in [0.25, 0.3) is 0 Å². The molecule has 0 saturated carbocycles. The van der Waals surface area contributed by atoms with Crippen molar-refractivity contribution in [2.75, 3.05) is 19.8 Å². The van der Waals surface area contributed by atoms with Crippen molar-refractivity contribution < 1.29 is 38.0 Å². The third kappa shape index (κ3) is 7.06. The van der Waals surface area contributed by atoms with Crippen LogP contribution in [0.1, 0.15) is 19.3 Å². The molecule has 0 spiro atoms. The van der Waals surface area contributed by atoms with Crippen LogP contribution in [0, 0.1) is 5.82 Å². The molecule has 0 aromatic heterocycles. The van der Waals surface area contributed by atoms with Gasteiger partial charge in [0.15, 0.2) is 0 Å². The average molecular weight is 405 g/mol. The Labute approximate surface area is 161 Å². The maximum Gasteiger partial charge on any atom is 0.345 e. The number of halogens is 3. The number of aliphatic hydroxyl groups is 3. The second-order valence-electron chi connectivity index (χ2n) is 6.58. The summed E-state index contributed by atoms with van der Waals surface area (Å²) in [4.78, 5) is 0. The number of rotatable bonds is 11. The highest BCUT2D eigenvalue weighted by Crippen LogP contribution is 2.21. The van der Waals surface area contributed by atoms with Crippen molar-refractivity contribution in [2.24, 2.45) is 0 Å². The Bertz CT molecular complexity index is 614. The molecule has 0 heterocycles. The van der Waals surface area contributed by atoms with Gasteiger partial charge in [-0.2, -0.15) is 8.78 Å².